The average Bonchev–Trinajstić information content (AvgIpc) is 2.42. The smallest absolute Gasteiger partial charge is 0.333 e. The zero-order chi connectivity index (χ0) is 15.6. The first-order valence-corrected chi connectivity index (χ1v) is 8.02. The predicted molar refractivity (Wildman–Crippen MR) is 91.9 cm³/mol. The molecule has 110 valence electrons. The maximum atomic E-state index is 11.8. The van der Waals surface area contributed by atoms with Gasteiger partial charge in [0.2, 0.25) is 0 Å². The van der Waals surface area contributed by atoms with Crippen molar-refractivity contribution < 1.29 is 9.90 Å². The van der Waals surface area contributed by atoms with Gasteiger partial charge in [-0.05, 0) is 58.7 Å². The number of carbonyl (C=O) groups is 1. The molecule has 21 heavy (non-hydrogen) atoms. The van der Waals surface area contributed by atoms with Crippen molar-refractivity contribution in [1.29, 1.82) is 0 Å². The average molecular weight is 434 g/mol. The maximum Gasteiger partial charge on any atom is 0.333 e. The van der Waals surface area contributed by atoms with Crippen LogP contribution < -0.4 is 5.32 Å². The van der Waals surface area contributed by atoms with Gasteiger partial charge < -0.3 is 10.4 Å². The second-order valence-electron chi connectivity index (χ2n) is 4.69. The van der Waals surface area contributed by atoms with Gasteiger partial charge in [-0.15, -0.1) is 0 Å². The van der Waals surface area contributed by atoms with Gasteiger partial charge in [-0.2, -0.15) is 0 Å². The largest absolute Gasteiger partial charge is 0.479 e. The van der Waals surface area contributed by atoms with Crippen molar-refractivity contribution in [2.45, 2.75) is 12.5 Å². The van der Waals surface area contributed by atoms with Crippen LogP contribution in [-0.4, -0.2) is 11.1 Å². The fraction of sp³-hybridized carbons (Fsp3) is 0.133. The van der Waals surface area contributed by atoms with Crippen molar-refractivity contribution in [2.75, 3.05) is 5.32 Å². The van der Waals surface area contributed by atoms with Crippen LogP contribution in [0.25, 0.3) is 0 Å². The number of hydrogen-bond donors (Lipinski definition) is 2. The molecule has 2 aromatic carbocycles. The summed E-state index contributed by atoms with van der Waals surface area (Å²) in [5, 5.41) is 13.3. The molecule has 0 radical (unpaired) electrons. The molecule has 3 nitrogen and oxygen atoms in total. The second-order valence-corrected chi connectivity index (χ2v) is 6.87. The zero-order valence-electron chi connectivity index (χ0n) is 11.0. The van der Waals surface area contributed by atoms with Gasteiger partial charge in [-0.3, -0.25) is 0 Å². The molecule has 2 aromatic rings. The van der Waals surface area contributed by atoms with Crippen molar-refractivity contribution >= 4 is 55.1 Å². The number of halogens is 3. The van der Waals surface area contributed by atoms with Gasteiger partial charge in [0.15, 0.2) is 5.54 Å². The number of rotatable bonds is 4. The fourth-order valence-electron chi connectivity index (χ4n) is 1.91. The van der Waals surface area contributed by atoms with Crippen molar-refractivity contribution in [3.05, 3.63) is 62.0 Å². The normalized spacial score (nSPS) is 13.5. The molecular formula is C15H12Br2ClNO2. The van der Waals surface area contributed by atoms with E-state index in [0.717, 1.165) is 4.47 Å². The van der Waals surface area contributed by atoms with Crippen molar-refractivity contribution in [3.63, 3.8) is 0 Å². The third-order valence-corrected chi connectivity index (χ3v) is 4.85. The quantitative estimate of drug-likeness (QED) is 0.690. The van der Waals surface area contributed by atoms with Crippen LogP contribution in [0.15, 0.2) is 51.4 Å². The number of anilines is 1. The summed E-state index contributed by atoms with van der Waals surface area (Å²) in [4.78, 5) is 11.8. The van der Waals surface area contributed by atoms with Crippen molar-refractivity contribution in [1.82, 2.24) is 0 Å². The molecule has 0 amide bonds. The lowest BCUT2D eigenvalue weighted by atomic mass is 9.91. The number of aliphatic carboxylic acids is 1. The highest BCUT2D eigenvalue weighted by atomic mass is 79.9. The summed E-state index contributed by atoms with van der Waals surface area (Å²) in [6.07, 6.45) is 0. The van der Waals surface area contributed by atoms with E-state index in [2.05, 4.69) is 37.2 Å². The van der Waals surface area contributed by atoms with E-state index >= 15 is 0 Å². The van der Waals surface area contributed by atoms with Crippen LogP contribution >= 0.6 is 43.5 Å². The van der Waals surface area contributed by atoms with Gasteiger partial charge in [0.25, 0.3) is 0 Å². The number of carboxylic acid groups (broad SMARTS) is 1. The molecule has 0 fully saturated rings. The Hall–Kier alpha value is -1.04. The molecule has 0 aliphatic carbocycles. The Morgan fingerprint density at radius 1 is 1.24 bits per heavy atom. The van der Waals surface area contributed by atoms with Crippen LogP contribution in [0.4, 0.5) is 5.69 Å². The number of nitrogens with one attached hydrogen (secondary N) is 1. The highest BCUT2D eigenvalue weighted by Gasteiger charge is 2.35. The first-order chi connectivity index (χ1) is 9.83. The summed E-state index contributed by atoms with van der Waals surface area (Å²) >= 11 is 12.7. The standard InChI is InChI=1S/C15H12Br2ClNO2/c1-15(14(20)21,9-3-2-4-10(16)7-9)19-11-5-6-13(18)12(17)8-11/h2-8,19H,1H3,(H,20,21). The van der Waals surface area contributed by atoms with E-state index in [9.17, 15) is 9.90 Å². The summed E-state index contributed by atoms with van der Waals surface area (Å²) in [5.41, 5.74) is 0.0587. The Morgan fingerprint density at radius 3 is 2.52 bits per heavy atom. The first kappa shape index (κ1) is 16.3. The summed E-state index contributed by atoms with van der Waals surface area (Å²) in [6, 6.07) is 12.4. The van der Waals surface area contributed by atoms with Crippen LogP contribution in [-0.2, 0) is 10.3 Å². The van der Waals surface area contributed by atoms with E-state index in [4.69, 9.17) is 11.6 Å². The Kier molecular flexibility index (Phi) is 4.96. The molecule has 2 rings (SSSR count). The monoisotopic (exact) mass is 431 g/mol. The highest BCUT2D eigenvalue weighted by molar-refractivity contribution is 9.10. The molecule has 2 N–H and O–H groups in total. The Balaban J connectivity index is 2.43. The Morgan fingerprint density at radius 2 is 1.95 bits per heavy atom. The molecule has 0 heterocycles. The molecule has 0 saturated carbocycles. The summed E-state index contributed by atoms with van der Waals surface area (Å²) in [7, 11) is 0. The number of carboxylic acids is 1. The van der Waals surface area contributed by atoms with Crippen molar-refractivity contribution in [2.24, 2.45) is 0 Å². The first-order valence-electron chi connectivity index (χ1n) is 6.05. The molecule has 1 unspecified atom stereocenters. The van der Waals surface area contributed by atoms with Gasteiger partial charge in [-0.1, -0.05) is 39.7 Å². The molecule has 0 bridgehead atoms. The number of hydrogen-bond acceptors (Lipinski definition) is 2. The van der Waals surface area contributed by atoms with E-state index in [0.29, 0.717) is 20.7 Å². The van der Waals surface area contributed by atoms with Gasteiger partial charge >= 0.3 is 5.97 Å². The minimum absolute atomic E-state index is 0.569. The minimum Gasteiger partial charge on any atom is -0.479 e. The summed E-state index contributed by atoms with van der Waals surface area (Å²) < 4.78 is 1.53. The minimum atomic E-state index is -1.25. The van der Waals surface area contributed by atoms with E-state index in [1.165, 1.54) is 0 Å². The molecular weight excluding hydrogens is 421 g/mol. The SMILES string of the molecule is CC(Nc1ccc(Cl)c(Br)c1)(C(=O)O)c1cccc(Br)c1. The molecule has 0 aromatic heterocycles. The number of benzene rings is 2. The molecule has 0 aliphatic heterocycles. The fourth-order valence-corrected chi connectivity index (χ4v) is 2.81. The van der Waals surface area contributed by atoms with Gasteiger partial charge in [0, 0.05) is 14.6 Å². The van der Waals surface area contributed by atoms with E-state index < -0.39 is 11.5 Å². The highest BCUT2D eigenvalue weighted by Crippen LogP contribution is 2.31. The Labute approximate surface area is 144 Å². The van der Waals surface area contributed by atoms with Crippen LogP contribution in [0, 0.1) is 0 Å². The lowest BCUT2D eigenvalue weighted by Gasteiger charge is -2.28. The van der Waals surface area contributed by atoms with Crippen LogP contribution in [0.2, 0.25) is 5.02 Å². The molecule has 0 aliphatic rings. The van der Waals surface area contributed by atoms with Crippen LogP contribution in [0.1, 0.15) is 12.5 Å². The predicted octanol–water partition coefficient (Wildman–Crippen LogP) is 5.28. The Bertz CT molecular complexity index is 693. The lowest BCUT2D eigenvalue weighted by Crippen LogP contribution is -2.40. The lowest BCUT2D eigenvalue weighted by molar-refractivity contribution is -0.142. The second kappa shape index (κ2) is 6.38. The zero-order valence-corrected chi connectivity index (χ0v) is 15.0. The van der Waals surface area contributed by atoms with E-state index in [1.807, 2.05) is 6.07 Å². The third-order valence-electron chi connectivity index (χ3n) is 3.14. The molecule has 0 spiro atoms. The molecule has 0 saturated heterocycles. The van der Waals surface area contributed by atoms with Crippen LogP contribution in [0.3, 0.4) is 0 Å². The van der Waals surface area contributed by atoms with Gasteiger partial charge in [0.1, 0.15) is 0 Å². The third kappa shape index (κ3) is 3.59. The van der Waals surface area contributed by atoms with E-state index in [-0.39, 0.29) is 0 Å². The van der Waals surface area contributed by atoms with Gasteiger partial charge in [-0.25, -0.2) is 4.79 Å². The molecule has 6 heteroatoms. The topological polar surface area (TPSA) is 49.3 Å². The van der Waals surface area contributed by atoms with Gasteiger partial charge in [0.05, 0.1) is 5.02 Å². The molecule has 1 atom stereocenters. The summed E-state index contributed by atoms with van der Waals surface area (Å²) in [5.74, 6) is -0.966. The van der Waals surface area contributed by atoms with Crippen LogP contribution in [0.5, 0.6) is 0 Å². The van der Waals surface area contributed by atoms with E-state index in [1.54, 1.807) is 43.3 Å². The maximum absolute atomic E-state index is 11.8. The summed E-state index contributed by atoms with van der Waals surface area (Å²) in [6.45, 7) is 1.62. The van der Waals surface area contributed by atoms with Crippen molar-refractivity contribution in [3.8, 4) is 0 Å².